The van der Waals surface area contributed by atoms with E-state index in [4.69, 9.17) is 9.47 Å². The van der Waals surface area contributed by atoms with E-state index in [2.05, 4.69) is 15.6 Å². The lowest BCUT2D eigenvalue weighted by Crippen LogP contribution is -2.32. The minimum atomic E-state index is -0.456. The number of methoxy groups -OCH3 is 1. The van der Waals surface area contributed by atoms with Crippen molar-refractivity contribution >= 4 is 28.3 Å². The molecule has 7 nitrogen and oxygen atoms in total. The molecule has 2 amide bonds. The molecule has 2 aromatic rings. The summed E-state index contributed by atoms with van der Waals surface area (Å²) >= 11 is 1.35. The number of carbonyl (C=O) groups is 2. The maximum atomic E-state index is 12.3. The predicted octanol–water partition coefficient (Wildman–Crippen LogP) is 3.10. The van der Waals surface area contributed by atoms with Gasteiger partial charge in [0.15, 0.2) is 0 Å². The maximum Gasteiger partial charge on any atom is 0.341 e. The molecule has 0 fully saturated rings. The number of esters is 1. The van der Waals surface area contributed by atoms with Crippen LogP contribution >= 0.6 is 11.3 Å². The van der Waals surface area contributed by atoms with Crippen molar-refractivity contribution in [1.29, 1.82) is 0 Å². The molecule has 1 aliphatic heterocycles. The Kier molecular flexibility index (Phi) is 5.24. The minimum Gasteiger partial charge on any atom is -0.465 e. The first-order valence-corrected chi connectivity index (χ1v) is 9.02. The smallest absolute Gasteiger partial charge is 0.341 e. The van der Waals surface area contributed by atoms with Crippen LogP contribution in [0.3, 0.4) is 0 Å². The standard InChI is InChI=1S/C18H21N3O4S/c1-18(2)7-12-13(10-25-18)26-15(14(12)16(22)24-3)21-17(23)20-9-11-5-4-6-19-8-11/h4-6,8H,7,9-10H2,1-3H3,(H2,20,21,23). The second-order valence-corrected chi connectivity index (χ2v) is 7.70. The van der Waals surface area contributed by atoms with Crippen LogP contribution in [0.2, 0.25) is 0 Å². The lowest BCUT2D eigenvalue weighted by atomic mass is 9.93. The van der Waals surface area contributed by atoms with E-state index in [-0.39, 0.29) is 5.60 Å². The van der Waals surface area contributed by atoms with Gasteiger partial charge >= 0.3 is 12.0 Å². The van der Waals surface area contributed by atoms with Crippen LogP contribution in [-0.4, -0.2) is 29.7 Å². The first-order valence-electron chi connectivity index (χ1n) is 8.20. The van der Waals surface area contributed by atoms with Crippen LogP contribution in [0.4, 0.5) is 9.80 Å². The highest BCUT2D eigenvalue weighted by Crippen LogP contribution is 2.40. The Morgan fingerprint density at radius 2 is 2.23 bits per heavy atom. The third-order valence-electron chi connectivity index (χ3n) is 4.08. The number of aromatic nitrogens is 1. The summed E-state index contributed by atoms with van der Waals surface area (Å²) in [6, 6.07) is 3.29. The van der Waals surface area contributed by atoms with Crippen molar-refractivity contribution in [2.75, 3.05) is 12.4 Å². The minimum absolute atomic E-state index is 0.342. The molecule has 2 N–H and O–H groups in total. The quantitative estimate of drug-likeness (QED) is 0.802. The van der Waals surface area contributed by atoms with Gasteiger partial charge in [0.1, 0.15) is 5.00 Å². The summed E-state index contributed by atoms with van der Waals surface area (Å²) in [6.07, 6.45) is 3.94. The van der Waals surface area contributed by atoms with Gasteiger partial charge in [-0.3, -0.25) is 10.3 Å². The molecule has 138 valence electrons. The molecule has 0 atom stereocenters. The molecule has 0 spiro atoms. The van der Waals surface area contributed by atoms with Crippen molar-refractivity contribution in [1.82, 2.24) is 10.3 Å². The Hall–Kier alpha value is -2.45. The van der Waals surface area contributed by atoms with Crippen LogP contribution in [-0.2, 0) is 29.0 Å². The molecular formula is C18H21N3O4S. The molecular weight excluding hydrogens is 354 g/mol. The van der Waals surface area contributed by atoms with Crippen molar-refractivity contribution in [3.8, 4) is 0 Å². The highest BCUT2D eigenvalue weighted by atomic mass is 32.1. The summed E-state index contributed by atoms with van der Waals surface area (Å²) in [7, 11) is 1.34. The second kappa shape index (κ2) is 7.43. The molecule has 0 saturated heterocycles. The third kappa shape index (κ3) is 4.03. The van der Waals surface area contributed by atoms with Crippen LogP contribution in [0.15, 0.2) is 24.5 Å². The topological polar surface area (TPSA) is 89.5 Å². The Labute approximate surface area is 155 Å². The van der Waals surface area contributed by atoms with Gasteiger partial charge in [-0.2, -0.15) is 0 Å². The van der Waals surface area contributed by atoms with Gasteiger partial charge < -0.3 is 14.8 Å². The van der Waals surface area contributed by atoms with Crippen molar-refractivity contribution < 1.29 is 19.1 Å². The molecule has 26 heavy (non-hydrogen) atoms. The average Bonchev–Trinajstić information content (AvgIpc) is 2.96. The van der Waals surface area contributed by atoms with Gasteiger partial charge in [-0.1, -0.05) is 6.07 Å². The molecule has 0 bridgehead atoms. The van der Waals surface area contributed by atoms with Crippen molar-refractivity contribution in [3.63, 3.8) is 0 Å². The molecule has 0 unspecified atom stereocenters. The van der Waals surface area contributed by atoms with E-state index in [9.17, 15) is 9.59 Å². The molecule has 2 aromatic heterocycles. The Bertz CT molecular complexity index is 817. The maximum absolute atomic E-state index is 12.3. The highest BCUT2D eigenvalue weighted by molar-refractivity contribution is 7.17. The van der Waals surface area contributed by atoms with Crippen LogP contribution < -0.4 is 10.6 Å². The van der Waals surface area contributed by atoms with E-state index >= 15 is 0 Å². The zero-order valence-corrected chi connectivity index (χ0v) is 15.7. The lowest BCUT2D eigenvalue weighted by Gasteiger charge is -2.30. The summed E-state index contributed by atoms with van der Waals surface area (Å²) in [5.74, 6) is -0.456. The number of anilines is 1. The van der Waals surface area contributed by atoms with E-state index in [0.29, 0.717) is 30.1 Å². The molecule has 0 aliphatic carbocycles. The molecule has 1 aliphatic rings. The van der Waals surface area contributed by atoms with E-state index in [1.165, 1.54) is 18.4 Å². The van der Waals surface area contributed by atoms with E-state index in [0.717, 1.165) is 16.0 Å². The van der Waals surface area contributed by atoms with Crippen molar-refractivity contribution in [2.45, 2.75) is 39.0 Å². The largest absolute Gasteiger partial charge is 0.465 e. The molecule has 3 heterocycles. The second-order valence-electron chi connectivity index (χ2n) is 6.59. The van der Waals surface area contributed by atoms with E-state index in [1.807, 2.05) is 19.9 Å². The fourth-order valence-electron chi connectivity index (χ4n) is 2.79. The van der Waals surface area contributed by atoms with Gasteiger partial charge in [0, 0.05) is 30.2 Å². The van der Waals surface area contributed by atoms with Crippen molar-refractivity contribution in [2.24, 2.45) is 0 Å². The molecule has 0 saturated carbocycles. The van der Waals surface area contributed by atoms with Gasteiger partial charge in [-0.15, -0.1) is 11.3 Å². The van der Waals surface area contributed by atoms with Gasteiger partial charge in [-0.05, 0) is 31.0 Å². The Morgan fingerprint density at radius 1 is 1.42 bits per heavy atom. The third-order valence-corrected chi connectivity index (χ3v) is 5.20. The summed E-state index contributed by atoms with van der Waals surface area (Å²) in [6.45, 7) is 4.70. The number of hydrogen-bond donors (Lipinski definition) is 2. The number of ether oxygens (including phenoxy) is 2. The zero-order chi connectivity index (χ0) is 18.7. The number of pyridine rings is 1. The van der Waals surface area contributed by atoms with Crippen LogP contribution in [0.1, 0.15) is 40.2 Å². The van der Waals surface area contributed by atoms with Crippen LogP contribution in [0.5, 0.6) is 0 Å². The highest BCUT2D eigenvalue weighted by Gasteiger charge is 2.34. The lowest BCUT2D eigenvalue weighted by molar-refractivity contribution is -0.0384. The number of carbonyl (C=O) groups excluding carboxylic acids is 2. The van der Waals surface area contributed by atoms with E-state index < -0.39 is 12.0 Å². The fourth-order valence-corrected chi connectivity index (χ4v) is 3.91. The van der Waals surface area contributed by atoms with Gasteiger partial charge in [0.25, 0.3) is 0 Å². The summed E-state index contributed by atoms with van der Waals surface area (Å²) in [4.78, 5) is 29.5. The Morgan fingerprint density at radius 3 is 2.92 bits per heavy atom. The zero-order valence-electron chi connectivity index (χ0n) is 14.9. The average molecular weight is 375 g/mol. The molecule has 8 heteroatoms. The summed E-state index contributed by atoms with van der Waals surface area (Å²) in [5.41, 5.74) is 1.83. The van der Waals surface area contributed by atoms with Crippen molar-refractivity contribution in [3.05, 3.63) is 46.1 Å². The molecule has 0 radical (unpaired) electrons. The van der Waals surface area contributed by atoms with Crippen LogP contribution in [0, 0.1) is 0 Å². The number of thiophene rings is 1. The summed E-state index contributed by atoms with van der Waals surface area (Å²) in [5, 5.41) is 6.01. The normalized spacial score (nSPS) is 15.0. The number of rotatable bonds is 4. The molecule has 3 rings (SSSR count). The first-order chi connectivity index (χ1) is 12.4. The number of nitrogens with zero attached hydrogens (tertiary/aromatic N) is 1. The number of nitrogens with one attached hydrogen (secondary N) is 2. The van der Waals surface area contributed by atoms with Gasteiger partial charge in [-0.25, -0.2) is 9.59 Å². The van der Waals surface area contributed by atoms with Gasteiger partial charge in [0.2, 0.25) is 0 Å². The SMILES string of the molecule is COC(=O)c1c(NC(=O)NCc2cccnc2)sc2c1CC(C)(C)OC2. The van der Waals surface area contributed by atoms with Gasteiger partial charge in [0.05, 0.1) is 24.9 Å². The van der Waals surface area contributed by atoms with E-state index in [1.54, 1.807) is 18.5 Å². The van der Waals surface area contributed by atoms with Crippen LogP contribution in [0.25, 0.3) is 0 Å². The number of hydrogen-bond acceptors (Lipinski definition) is 6. The first kappa shape index (κ1) is 18.3. The molecule has 0 aromatic carbocycles. The number of amides is 2. The summed E-state index contributed by atoms with van der Waals surface area (Å²) < 4.78 is 10.7. The fraction of sp³-hybridized carbons (Fsp3) is 0.389. The monoisotopic (exact) mass is 375 g/mol. The number of urea groups is 1. The number of fused-ring (bicyclic) bond motifs is 1. The Balaban J connectivity index is 1.78. The predicted molar refractivity (Wildman–Crippen MR) is 98.3 cm³/mol.